The topological polar surface area (TPSA) is 55.3 Å². The number of rotatable bonds is 4. The van der Waals surface area contributed by atoms with E-state index in [1.807, 2.05) is 25.1 Å². The van der Waals surface area contributed by atoms with Gasteiger partial charge in [0.25, 0.3) is 0 Å². The van der Waals surface area contributed by atoms with Gasteiger partial charge in [-0.2, -0.15) is 0 Å². The molecule has 0 N–H and O–H groups in total. The Labute approximate surface area is 156 Å². The summed E-state index contributed by atoms with van der Waals surface area (Å²) in [5, 5.41) is 3.22. The Morgan fingerprint density at radius 2 is 2.15 bits per heavy atom. The molecule has 134 valence electrons. The number of thiophene rings is 1. The first kappa shape index (κ1) is 17.0. The molecule has 1 aromatic carbocycles. The Kier molecular flexibility index (Phi) is 4.84. The summed E-state index contributed by atoms with van der Waals surface area (Å²) in [6.45, 7) is 3.82. The number of esters is 1. The van der Waals surface area contributed by atoms with Gasteiger partial charge in [0, 0.05) is 24.0 Å². The van der Waals surface area contributed by atoms with Crippen LogP contribution < -0.4 is 4.90 Å². The van der Waals surface area contributed by atoms with Gasteiger partial charge in [-0.1, -0.05) is 30.3 Å². The second kappa shape index (κ2) is 7.41. The van der Waals surface area contributed by atoms with Crippen molar-refractivity contribution in [3.8, 4) is 11.1 Å². The first-order valence-corrected chi connectivity index (χ1v) is 9.85. The quantitative estimate of drug-likeness (QED) is 0.649. The van der Waals surface area contributed by atoms with Gasteiger partial charge in [0.05, 0.1) is 17.9 Å². The fourth-order valence-corrected chi connectivity index (χ4v) is 4.46. The molecule has 1 saturated heterocycles. The highest BCUT2D eigenvalue weighted by molar-refractivity contribution is 7.17. The van der Waals surface area contributed by atoms with Crippen molar-refractivity contribution in [2.24, 2.45) is 5.92 Å². The second-order valence-corrected chi connectivity index (χ2v) is 7.29. The number of fused-ring (bicyclic) bond motifs is 1. The van der Waals surface area contributed by atoms with E-state index in [-0.39, 0.29) is 11.9 Å². The smallest absolute Gasteiger partial charge is 0.310 e. The molecule has 1 fully saturated rings. The Balaban J connectivity index is 1.72. The van der Waals surface area contributed by atoms with Crippen LogP contribution in [0.3, 0.4) is 0 Å². The normalized spacial score (nSPS) is 17.4. The van der Waals surface area contributed by atoms with Crippen LogP contribution in [0.5, 0.6) is 0 Å². The molecule has 0 bridgehead atoms. The Hall–Kier alpha value is -2.47. The molecule has 0 radical (unpaired) electrons. The van der Waals surface area contributed by atoms with E-state index in [4.69, 9.17) is 4.74 Å². The summed E-state index contributed by atoms with van der Waals surface area (Å²) in [5.41, 5.74) is 2.31. The number of piperidine rings is 1. The minimum Gasteiger partial charge on any atom is -0.466 e. The summed E-state index contributed by atoms with van der Waals surface area (Å²) < 4.78 is 5.23. The maximum atomic E-state index is 12.2. The van der Waals surface area contributed by atoms with Crippen LogP contribution in [0.15, 0.2) is 42.0 Å². The number of hydrogen-bond acceptors (Lipinski definition) is 6. The van der Waals surface area contributed by atoms with Crippen LogP contribution in [-0.4, -0.2) is 35.6 Å². The number of carbonyl (C=O) groups excluding carboxylic acids is 1. The highest BCUT2D eigenvalue weighted by Gasteiger charge is 2.29. The zero-order valence-electron chi connectivity index (χ0n) is 14.7. The molecule has 1 atom stereocenters. The Morgan fingerprint density at radius 3 is 2.96 bits per heavy atom. The number of benzene rings is 1. The van der Waals surface area contributed by atoms with E-state index >= 15 is 0 Å². The average molecular weight is 367 g/mol. The van der Waals surface area contributed by atoms with Gasteiger partial charge in [-0.25, -0.2) is 9.97 Å². The highest BCUT2D eigenvalue weighted by atomic mass is 32.1. The average Bonchev–Trinajstić information content (AvgIpc) is 3.13. The summed E-state index contributed by atoms with van der Waals surface area (Å²) in [4.78, 5) is 24.4. The molecule has 1 unspecified atom stereocenters. The molecule has 1 aliphatic rings. The van der Waals surface area contributed by atoms with E-state index < -0.39 is 0 Å². The molecular weight excluding hydrogens is 346 g/mol. The number of anilines is 1. The van der Waals surface area contributed by atoms with Gasteiger partial charge in [-0.3, -0.25) is 4.79 Å². The third kappa shape index (κ3) is 3.17. The van der Waals surface area contributed by atoms with Gasteiger partial charge in [0.2, 0.25) is 0 Å². The zero-order chi connectivity index (χ0) is 17.9. The molecule has 2 aromatic heterocycles. The van der Waals surface area contributed by atoms with Gasteiger partial charge in [0.15, 0.2) is 0 Å². The highest BCUT2D eigenvalue weighted by Crippen LogP contribution is 2.38. The molecule has 5 nitrogen and oxygen atoms in total. The minimum absolute atomic E-state index is 0.0903. The molecule has 1 aliphatic heterocycles. The summed E-state index contributed by atoms with van der Waals surface area (Å²) in [7, 11) is 0. The summed E-state index contributed by atoms with van der Waals surface area (Å²) >= 11 is 1.63. The fraction of sp³-hybridized carbons (Fsp3) is 0.350. The summed E-state index contributed by atoms with van der Waals surface area (Å²) in [5.74, 6) is 0.729. The molecule has 0 spiro atoms. The van der Waals surface area contributed by atoms with Gasteiger partial charge in [-0.15, -0.1) is 11.3 Å². The molecule has 0 aliphatic carbocycles. The van der Waals surface area contributed by atoms with Crippen LogP contribution in [0.25, 0.3) is 21.3 Å². The van der Waals surface area contributed by atoms with Crippen molar-refractivity contribution in [1.29, 1.82) is 0 Å². The van der Waals surface area contributed by atoms with Gasteiger partial charge in [-0.05, 0) is 25.3 Å². The molecule has 0 amide bonds. The van der Waals surface area contributed by atoms with Crippen molar-refractivity contribution in [1.82, 2.24) is 9.97 Å². The van der Waals surface area contributed by atoms with Crippen LogP contribution >= 0.6 is 11.3 Å². The van der Waals surface area contributed by atoms with E-state index in [2.05, 4.69) is 32.4 Å². The van der Waals surface area contributed by atoms with Crippen molar-refractivity contribution in [3.63, 3.8) is 0 Å². The number of carbonyl (C=O) groups is 1. The largest absolute Gasteiger partial charge is 0.466 e. The molecule has 3 heterocycles. The van der Waals surface area contributed by atoms with Gasteiger partial charge >= 0.3 is 5.97 Å². The standard InChI is InChI=1S/C20H21N3O2S/c1-2-25-20(24)15-9-6-10-23(11-15)18-17-16(14-7-4-3-5-8-14)12-26-19(17)22-13-21-18/h3-5,7-8,12-13,15H,2,6,9-11H2,1H3. The van der Waals surface area contributed by atoms with Crippen LogP contribution in [0.1, 0.15) is 19.8 Å². The lowest BCUT2D eigenvalue weighted by atomic mass is 9.97. The molecule has 26 heavy (non-hydrogen) atoms. The third-order valence-corrected chi connectivity index (χ3v) is 5.66. The molecule has 3 aromatic rings. The fourth-order valence-electron chi connectivity index (χ4n) is 3.55. The Bertz CT molecular complexity index is 910. The molecule has 6 heteroatoms. The maximum Gasteiger partial charge on any atom is 0.310 e. The molecule has 0 saturated carbocycles. The lowest BCUT2D eigenvalue weighted by molar-refractivity contribution is -0.148. The first-order chi connectivity index (χ1) is 12.8. The van der Waals surface area contributed by atoms with Crippen molar-refractivity contribution in [2.75, 3.05) is 24.6 Å². The van der Waals surface area contributed by atoms with Crippen molar-refractivity contribution in [2.45, 2.75) is 19.8 Å². The third-order valence-electron chi connectivity index (χ3n) is 4.78. The predicted octanol–water partition coefficient (Wildman–Crippen LogP) is 4.14. The second-order valence-electron chi connectivity index (χ2n) is 6.43. The minimum atomic E-state index is -0.101. The van der Waals surface area contributed by atoms with Crippen LogP contribution in [0.2, 0.25) is 0 Å². The molecule has 4 rings (SSSR count). The van der Waals surface area contributed by atoms with E-state index in [0.717, 1.165) is 46.5 Å². The lowest BCUT2D eigenvalue weighted by Gasteiger charge is -2.32. The SMILES string of the molecule is CCOC(=O)C1CCCN(c2ncnc3scc(-c4ccccc4)c23)C1. The van der Waals surface area contributed by atoms with E-state index in [1.54, 1.807) is 17.7 Å². The van der Waals surface area contributed by atoms with Gasteiger partial charge < -0.3 is 9.64 Å². The van der Waals surface area contributed by atoms with Crippen LogP contribution in [-0.2, 0) is 9.53 Å². The summed E-state index contributed by atoms with van der Waals surface area (Å²) in [6, 6.07) is 10.3. The van der Waals surface area contributed by atoms with Crippen LogP contribution in [0.4, 0.5) is 5.82 Å². The number of hydrogen-bond donors (Lipinski definition) is 0. The van der Waals surface area contributed by atoms with E-state index in [1.165, 1.54) is 0 Å². The zero-order valence-corrected chi connectivity index (χ0v) is 15.5. The predicted molar refractivity (Wildman–Crippen MR) is 104 cm³/mol. The number of aromatic nitrogens is 2. The van der Waals surface area contributed by atoms with Crippen molar-refractivity contribution >= 4 is 33.3 Å². The number of ether oxygens (including phenoxy) is 1. The van der Waals surface area contributed by atoms with E-state index in [9.17, 15) is 4.79 Å². The number of nitrogens with zero attached hydrogens (tertiary/aromatic N) is 3. The van der Waals surface area contributed by atoms with Crippen molar-refractivity contribution in [3.05, 3.63) is 42.0 Å². The first-order valence-electron chi connectivity index (χ1n) is 8.97. The summed E-state index contributed by atoms with van der Waals surface area (Å²) in [6.07, 6.45) is 3.45. The van der Waals surface area contributed by atoms with Gasteiger partial charge in [0.1, 0.15) is 17.0 Å². The van der Waals surface area contributed by atoms with E-state index in [0.29, 0.717) is 13.2 Å². The molecular formula is C20H21N3O2S. The lowest BCUT2D eigenvalue weighted by Crippen LogP contribution is -2.40. The van der Waals surface area contributed by atoms with Crippen molar-refractivity contribution < 1.29 is 9.53 Å². The van der Waals surface area contributed by atoms with Crippen LogP contribution in [0, 0.1) is 5.92 Å². The monoisotopic (exact) mass is 367 g/mol. The maximum absolute atomic E-state index is 12.2. The Morgan fingerprint density at radius 1 is 1.31 bits per heavy atom.